The summed E-state index contributed by atoms with van der Waals surface area (Å²) in [6, 6.07) is 7.35. The molecular formula is C13H9ClFNO2S. The maximum Gasteiger partial charge on any atom is 0.337 e. The number of carboxylic acids is 1. The molecule has 3 nitrogen and oxygen atoms in total. The summed E-state index contributed by atoms with van der Waals surface area (Å²) in [7, 11) is 0. The molecule has 6 heteroatoms. The average molecular weight is 298 g/mol. The van der Waals surface area contributed by atoms with Gasteiger partial charge in [0, 0.05) is 17.0 Å². The van der Waals surface area contributed by atoms with Crippen LogP contribution in [0.5, 0.6) is 0 Å². The number of rotatable bonds is 4. The lowest BCUT2D eigenvalue weighted by molar-refractivity contribution is 0.0696. The standard InChI is InChI=1S/C13H9ClFNO2S/c14-11-5-10(15)3-1-9(11)7-19-12-4-2-8(6-16-12)13(17)18/h1-6H,7H2,(H,17,18). The van der Waals surface area contributed by atoms with Gasteiger partial charge in [-0.15, -0.1) is 11.8 Å². The molecule has 1 aromatic carbocycles. The zero-order valence-electron chi connectivity index (χ0n) is 9.64. The smallest absolute Gasteiger partial charge is 0.337 e. The average Bonchev–Trinajstić information content (AvgIpc) is 2.38. The van der Waals surface area contributed by atoms with Crippen molar-refractivity contribution in [1.29, 1.82) is 0 Å². The predicted molar refractivity (Wildman–Crippen MR) is 72.2 cm³/mol. The van der Waals surface area contributed by atoms with E-state index in [1.165, 1.54) is 36.2 Å². The lowest BCUT2D eigenvalue weighted by atomic mass is 10.2. The third-order valence-electron chi connectivity index (χ3n) is 2.37. The molecule has 0 saturated carbocycles. The van der Waals surface area contributed by atoms with Gasteiger partial charge in [-0.25, -0.2) is 14.2 Å². The molecule has 0 saturated heterocycles. The van der Waals surface area contributed by atoms with E-state index >= 15 is 0 Å². The third kappa shape index (κ3) is 3.68. The van der Waals surface area contributed by atoms with E-state index in [0.717, 1.165) is 5.56 Å². The first-order valence-corrected chi connectivity index (χ1v) is 6.68. The molecule has 0 aliphatic rings. The molecule has 0 aliphatic heterocycles. The Balaban J connectivity index is 2.04. The van der Waals surface area contributed by atoms with Crippen LogP contribution in [0.2, 0.25) is 5.02 Å². The van der Waals surface area contributed by atoms with Gasteiger partial charge in [0.2, 0.25) is 0 Å². The van der Waals surface area contributed by atoms with Crippen LogP contribution in [0.3, 0.4) is 0 Å². The lowest BCUT2D eigenvalue weighted by Gasteiger charge is -2.04. The number of benzene rings is 1. The van der Waals surface area contributed by atoms with Crippen molar-refractivity contribution in [2.24, 2.45) is 0 Å². The second kappa shape index (κ2) is 6.04. The summed E-state index contributed by atoms with van der Waals surface area (Å²) in [5, 5.41) is 9.80. The Hall–Kier alpha value is -1.59. The Kier molecular flexibility index (Phi) is 4.39. The molecule has 1 heterocycles. The summed E-state index contributed by atoms with van der Waals surface area (Å²) in [4.78, 5) is 14.7. The summed E-state index contributed by atoms with van der Waals surface area (Å²) in [5.74, 6) is -0.841. The van der Waals surface area contributed by atoms with Crippen molar-refractivity contribution in [2.75, 3.05) is 0 Å². The van der Waals surface area contributed by atoms with Gasteiger partial charge in [0.25, 0.3) is 0 Å². The zero-order chi connectivity index (χ0) is 13.8. The minimum Gasteiger partial charge on any atom is -0.478 e. The van der Waals surface area contributed by atoms with Crippen molar-refractivity contribution in [1.82, 2.24) is 4.98 Å². The highest BCUT2D eigenvalue weighted by Crippen LogP contribution is 2.26. The molecule has 0 unspecified atom stereocenters. The van der Waals surface area contributed by atoms with Crippen LogP contribution in [-0.2, 0) is 5.75 Å². The Morgan fingerprint density at radius 3 is 2.74 bits per heavy atom. The fraction of sp³-hybridized carbons (Fsp3) is 0.0769. The maximum atomic E-state index is 12.9. The van der Waals surface area contributed by atoms with Crippen LogP contribution in [0.1, 0.15) is 15.9 Å². The van der Waals surface area contributed by atoms with E-state index in [4.69, 9.17) is 16.7 Å². The van der Waals surface area contributed by atoms with E-state index in [1.54, 1.807) is 12.1 Å². The number of hydrogen-bond acceptors (Lipinski definition) is 3. The summed E-state index contributed by atoms with van der Waals surface area (Å²) >= 11 is 7.31. The minimum absolute atomic E-state index is 0.143. The van der Waals surface area contributed by atoms with E-state index in [9.17, 15) is 9.18 Å². The predicted octanol–water partition coefficient (Wildman–Crippen LogP) is 3.86. The molecule has 2 rings (SSSR count). The van der Waals surface area contributed by atoms with Gasteiger partial charge in [-0.05, 0) is 29.8 Å². The number of carboxylic acid groups (broad SMARTS) is 1. The van der Waals surface area contributed by atoms with Crippen molar-refractivity contribution >= 4 is 29.3 Å². The van der Waals surface area contributed by atoms with Crippen molar-refractivity contribution in [3.63, 3.8) is 0 Å². The molecule has 0 amide bonds. The van der Waals surface area contributed by atoms with Crippen LogP contribution in [0, 0.1) is 5.82 Å². The minimum atomic E-state index is -1.01. The zero-order valence-corrected chi connectivity index (χ0v) is 11.2. The highest BCUT2D eigenvalue weighted by molar-refractivity contribution is 7.98. The number of nitrogens with zero attached hydrogens (tertiary/aromatic N) is 1. The SMILES string of the molecule is O=C(O)c1ccc(SCc2ccc(F)cc2Cl)nc1. The number of thioether (sulfide) groups is 1. The number of aromatic nitrogens is 1. The molecule has 0 radical (unpaired) electrons. The van der Waals surface area contributed by atoms with Crippen LogP contribution >= 0.6 is 23.4 Å². The molecule has 1 N–H and O–H groups in total. The summed E-state index contributed by atoms with van der Waals surface area (Å²) in [6.45, 7) is 0. The number of hydrogen-bond donors (Lipinski definition) is 1. The van der Waals surface area contributed by atoms with E-state index in [1.807, 2.05) is 0 Å². The Morgan fingerprint density at radius 1 is 1.37 bits per heavy atom. The van der Waals surface area contributed by atoms with Crippen LogP contribution < -0.4 is 0 Å². The number of carbonyl (C=O) groups is 1. The molecule has 19 heavy (non-hydrogen) atoms. The lowest BCUT2D eigenvalue weighted by Crippen LogP contribution is -1.96. The van der Waals surface area contributed by atoms with E-state index in [2.05, 4.69) is 4.98 Å². The van der Waals surface area contributed by atoms with Gasteiger partial charge in [0.1, 0.15) is 5.82 Å². The van der Waals surface area contributed by atoms with Crippen LogP contribution in [-0.4, -0.2) is 16.1 Å². The van der Waals surface area contributed by atoms with Crippen molar-refractivity contribution in [3.05, 3.63) is 58.5 Å². The van der Waals surface area contributed by atoms with Gasteiger partial charge in [-0.3, -0.25) is 0 Å². The van der Waals surface area contributed by atoms with E-state index < -0.39 is 5.97 Å². The molecular weight excluding hydrogens is 289 g/mol. The Bertz CT molecular complexity index is 604. The fourth-order valence-corrected chi connectivity index (χ4v) is 2.54. The van der Waals surface area contributed by atoms with Crippen LogP contribution in [0.25, 0.3) is 0 Å². The van der Waals surface area contributed by atoms with Gasteiger partial charge in [-0.2, -0.15) is 0 Å². The third-order valence-corrected chi connectivity index (χ3v) is 3.72. The number of aromatic carboxylic acids is 1. The van der Waals surface area contributed by atoms with Crippen molar-refractivity contribution in [2.45, 2.75) is 10.8 Å². The molecule has 98 valence electrons. The van der Waals surface area contributed by atoms with Crippen LogP contribution in [0.15, 0.2) is 41.6 Å². The quantitative estimate of drug-likeness (QED) is 0.871. The molecule has 2 aromatic rings. The number of pyridine rings is 1. The molecule has 1 aromatic heterocycles. The second-order valence-corrected chi connectivity index (χ2v) is 5.12. The van der Waals surface area contributed by atoms with Crippen molar-refractivity contribution < 1.29 is 14.3 Å². The molecule has 0 aliphatic carbocycles. The van der Waals surface area contributed by atoms with Gasteiger partial charge >= 0.3 is 5.97 Å². The first-order valence-electron chi connectivity index (χ1n) is 5.32. The monoisotopic (exact) mass is 297 g/mol. The van der Waals surface area contributed by atoms with Gasteiger partial charge < -0.3 is 5.11 Å². The second-order valence-electron chi connectivity index (χ2n) is 3.71. The van der Waals surface area contributed by atoms with E-state index in [-0.39, 0.29) is 11.4 Å². The maximum absolute atomic E-state index is 12.9. The van der Waals surface area contributed by atoms with Gasteiger partial charge in [0.05, 0.1) is 10.6 Å². The molecule has 0 fully saturated rings. The van der Waals surface area contributed by atoms with Crippen molar-refractivity contribution in [3.8, 4) is 0 Å². The van der Waals surface area contributed by atoms with Gasteiger partial charge in [-0.1, -0.05) is 17.7 Å². The summed E-state index contributed by atoms with van der Waals surface area (Å²) in [6.07, 6.45) is 1.30. The first kappa shape index (κ1) is 13.8. The highest BCUT2D eigenvalue weighted by Gasteiger charge is 2.06. The largest absolute Gasteiger partial charge is 0.478 e. The molecule has 0 atom stereocenters. The molecule has 0 spiro atoms. The van der Waals surface area contributed by atoms with Gasteiger partial charge in [0.15, 0.2) is 0 Å². The molecule has 0 bridgehead atoms. The normalized spacial score (nSPS) is 10.4. The van der Waals surface area contributed by atoms with Crippen LogP contribution in [0.4, 0.5) is 4.39 Å². The summed E-state index contributed by atoms with van der Waals surface area (Å²) in [5.41, 5.74) is 0.946. The topological polar surface area (TPSA) is 50.2 Å². The first-order chi connectivity index (χ1) is 9.06. The number of halogens is 2. The van der Waals surface area contributed by atoms with E-state index in [0.29, 0.717) is 15.8 Å². The Morgan fingerprint density at radius 2 is 2.16 bits per heavy atom. The highest BCUT2D eigenvalue weighted by atomic mass is 35.5. The fourth-order valence-electron chi connectivity index (χ4n) is 1.38. The Labute approximate surface area is 118 Å². The summed E-state index contributed by atoms with van der Waals surface area (Å²) < 4.78 is 12.9.